The molecule has 21 heavy (non-hydrogen) atoms. The molecule has 4 fully saturated rings. The van der Waals surface area contributed by atoms with Gasteiger partial charge in [-0.05, 0) is 56.3 Å². The van der Waals surface area contributed by atoms with Crippen LogP contribution in [-0.4, -0.2) is 35.3 Å². The van der Waals surface area contributed by atoms with Gasteiger partial charge in [0.1, 0.15) is 5.54 Å². The molecule has 0 bridgehead atoms. The molecule has 2 amide bonds. The lowest BCUT2D eigenvalue weighted by Gasteiger charge is -2.45. The Hall–Kier alpha value is -1.06. The number of nitrogens with zero attached hydrogens (tertiary/aromatic N) is 1. The van der Waals surface area contributed by atoms with Gasteiger partial charge in [-0.3, -0.25) is 9.59 Å². The summed E-state index contributed by atoms with van der Waals surface area (Å²) in [5.74, 6) is 2.60. The lowest BCUT2D eigenvalue weighted by molar-refractivity contribution is -0.152. The van der Waals surface area contributed by atoms with Crippen molar-refractivity contribution < 1.29 is 9.59 Å². The first-order valence-electron chi connectivity index (χ1n) is 8.78. The molecule has 3 saturated carbocycles. The van der Waals surface area contributed by atoms with Crippen LogP contribution < -0.4 is 5.32 Å². The minimum Gasteiger partial charge on any atom is -0.340 e. The van der Waals surface area contributed by atoms with E-state index in [1.807, 2.05) is 4.90 Å². The van der Waals surface area contributed by atoms with Gasteiger partial charge in [-0.2, -0.15) is 0 Å². The van der Waals surface area contributed by atoms with Crippen LogP contribution in [0.1, 0.15) is 57.8 Å². The number of rotatable bonds is 4. The normalized spacial score (nSPS) is 29.1. The molecule has 4 rings (SSSR count). The molecule has 1 heterocycles. The van der Waals surface area contributed by atoms with Crippen molar-refractivity contribution in [3.63, 3.8) is 0 Å². The SMILES string of the molecule is O=C1CN(CC(C2CC2)C2CC2)C(=O)C2(CCCCC2)N1. The van der Waals surface area contributed by atoms with E-state index in [1.54, 1.807) is 0 Å². The summed E-state index contributed by atoms with van der Waals surface area (Å²) >= 11 is 0. The van der Waals surface area contributed by atoms with Crippen LogP contribution in [0.2, 0.25) is 0 Å². The second kappa shape index (κ2) is 4.99. The highest BCUT2D eigenvalue weighted by Gasteiger charge is 2.49. The molecular formula is C17H26N2O2. The smallest absolute Gasteiger partial charge is 0.248 e. The fourth-order valence-corrected chi connectivity index (χ4v) is 4.54. The lowest BCUT2D eigenvalue weighted by Crippen LogP contribution is -2.67. The largest absolute Gasteiger partial charge is 0.340 e. The molecule has 1 N–H and O–H groups in total. The van der Waals surface area contributed by atoms with E-state index in [0.29, 0.717) is 5.92 Å². The van der Waals surface area contributed by atoms with Gasteiger partial charge in [0, 0.05) is 6.54 Å². The summed E-state index contributed by atoms with van der Waals surface area (Å²) < 4.78 is 0. The van der Waals surface area contributed by atoms with Gasteiger partial charge in [0.2, 0.25) is 11.8 Å². The van der Waals surface area contributed by atoms with Crippen molar-refractivity contribution in [1.82, 2.24) is 10.2 Å². The van der Waals surface area contributed by atoms with E-state index in [-0.39, 0.29) is 18.4 Å². The van der Waals surface area contributed by atoms with E-state index in [9.17, 15) is 9.59 Å². The molecule has 116 valence electrons. The highest BCUT2D eigenvalue weighted by atomic mass is 16.2. The van der Waals surface area contributed by atoms with Gasteiger partial charge in [-0.15, -0.1) is 0 Å². The zero-order chi connectivity index (χ0) is 14.4. The molecule has 4 aliphatic rings. The standard InChI is InChI=1S/C17H26N2O2/c20-15-11-19(10-14(12-4-5-12)13-6-7-13)16(21)17(18-15)8-2-1-3-9-17/h12-14H,1-11H2,(H,18,20). The third-order valence-electron chi connectivity index (χ3n) is 6.00. The summed E-state index contributed by atoms with van der Waals surface area (Å²) in [4.78, 5) is 27.0. The third-order valence-corrected chi connectivity index (χ3v) is 6.00. The number of carbonyl (C=O) groups is 2. The Morgan fingerprint density at radius 3 is 2.24 bits per heavy atom. The maximum Gasteiger partial charge on any atom is 0.248 e. The molecule has 0 atom stereocenters. The van der Waals surface area contributed by atoms with Gasteiger partial charge in [0.15, 0.2) is 0 Å². The second-order valence-corrected chi connectivity index (χ2v) is 7.72. The van der Waals surface area contributed by atoms with Gasteiger partial charge in [0.25, 0.3) is 0 Å². The molecule has 1 saturated heterocycles. The summed E-state index contributed by atoms with van der Waals surface area (Å²) in [5.41, 5.74) is -0.550. The van der Waals surface area contributed by atoms with Crippen molar-refractivity contribution in [3.8, 4) is 0 Å². The minimum atomic E-state index is -0.550. The van der Waals surface area contributed by atoms with Crippen LogP contribution in [0.25, 0.3) is 0 Å². The number of hydrogen-bond donors (Lipinski definition) is 1. The predicted molar refractivity (Wildman–Crippen MR) is 79.5 cm³/mol. The number of amides is 2. The molecule has 0 aromatic heterocycles. The van der Waals surface area contributed by atoms with Crippen molar-refractivity contribution in [2.45, 2.75) is 63.3 Å². The van der Waals surface area contributed by atoms with E-state index < -0.39 is 5.54 Å². The molecule has 0 aromatic carbocycles. The van der Waals surface area contributed by atoms with Crippen molar-refractivity contribution in [3.05, 3.63) is 0 Å². The van der Waals surface area contributed by atoms with Crippen molar-refractivity contribution in [2.75, 3.05) is 13.1 Å². The van der Waals surface area contributed by atoms with Crippen molar-refractivity contribution in [2.24, 2.45) is 17.8 Å². The van der Waals surface area contributed by atoms with Gasteiger partial charge < -0.3 is 10.2 Å². The summed E-state index contributed by atoms with van der Waals surface area (Å²) in [6.45, 7) is 1.12. The number of piperazine rings is 1. The van der Waals surface area contributed by atoms with Crippen LogP contribution in [0.5, 0.6) is 0 Å². The number of carbonyl (C=O) groups excluding carboxylic acids is 2. The van der Waals surface area contributed by atoms with Crippen LogP contribution >= 0.6 is 0 Å². The molecule has 3 aliphatic carbocycles. The van der Waals surface area contributed by atoms with Crippen LogP contribution in [0.3, 0.4) is 0 Å². The molecule has 0 radical (unpaired) electrons. The van der Waals surface area contributed by atoms with E-state index >= 15 is 0 Å². The average molecular weight is 290 g/mol. The summed E-state index contributed by atoms with van der Waals surface area (Å²) in [7, 11) is 0. The first-order chi connectivity index (χ1) is 10.2. The van der Waals surface area contributed by atoms with Crippen molar-refractivity contribution >= 4 is 11.8 Å². The highest BCUT2D eigenvalue weighted by Crippen LogP contribution is 2.49. The fourth-order valence-electron chi connectivity index (χ4n) is 4.54. The second-order valence-electron chi connectivity index (χ2n) is 7.72. The molecular weight excluding hydrogens is 264 g/mol. The Kier molecular flexibility index (Phi) is 3.23. The average Bonchev–Trinajstić information content (AvgIpc) is 3.36. The molecule has 4 nitrogen and oxygen atoms in total. The minimum absolute atomic E-state index is 0.0573. The first kappa shape index (κ1) is 13.6. The zero-order valence-corrected chi connectivity index (χ0v) is 12.8. The number of hydrogen-bond acceptors (Lipinski definition) is 2. The Balaban J connectivity index is 1.50. The quantitative estimate of drug-likeness (QED) is 0.862. The maximum absolute atomic E-state index is 13.0. The van der Waals surface area contributed by atoms with Crippen LogP contribution in [-0.2, 0) is 9.59 Å². The van der Waals surface area contributed by atoms with E-state index in [0.717, 1.165) is 44.1 Å². The van der Waals surface area contributed by atoms with Gasteiger partial charge in [-0.1, -0.05) is 19.3 Å². The molecule has 1 aliphatic heterocycles. The molecule has 4 heteroatoms. The summed E-state index contributed by atoms with van der Waals surface area (Å²) in [5, 5.41) is 3.04. The summed E-state index contributed by atoms with van der Waals surface area (Å²) in [6, 6.07) is 0. The Labute approximate surface area is 126 Å². The Morgan fingerprint density at radius 2 is 1.67 bits per heavy atom. The summed E-state index contributed by atoms with van der Waals surface area (Å²) in [6.07, 6.45) is 10.3. The Bertz CT molecular complexity index is 436. The lowest BCUT2D eigenvalue weighted by atomic mass is 9.79. The van der Waals surface area contributed by atoms with Crippen LogP contribution in [0, 0.1) is 17.8 Å². The monoisotopic (exact) mass is 290 g/mol. The molecule has 0 aromatic rings. The van der Waals surface area contributed by atoms with Crippen molar-refractivity contribution in [1.29, 1.82) is 0 Å². The van der Waals surface area contributed by atoms with E-state index in [1.165, 1.54) is 32.1 Å². The molecule has 1 spiro atoms. The first-order valence-corrected chi connectivity index (χ1v) is 8.78. The highest BCUT2D eigenvalue weighted by molar-refractivity contribution is 5.98. The van der Waals surface area contributed by atoms with Crippen LogP contribution in [0.4, 0.5) is 0 Å². The Morgan fingerprint density at radius 1 is 1.05 bits per heavy atom. The third kappa shape index (κ3) is 2.58. The van der Waals surface area contributed by atoms with E-state index in [2.05, 4.69) is 5.32 Å². The van der Waals surface area contributed by atoms with Crippen LogP contribution in [0.15, 0.2) is 0 Å². The topological polar surface area (TPSA) is 49.4 Å². The van der Waals surface area contributed by atoms with Gasteiger partial charge in [-0.25, -0.2) is 0 Å². The number of nitrogens with one attached hydrogen (secondary N) is 1. The molecule has 0 unspecified atom stereocenters. The zero-order valence-electron chi connectivity index (χ0n) is 12.8. The van der Waals surface area contributed by atoms with E-state index in [4.69, 9.17) is 0 Å². The maximum atomic E-state index is 13.0. The van der Waals surface area contributed by atoms with Gasteiger partial charge >= 0.3 is 0 Å². The van der Waals surface area contributed by atoms with Gasteiger partial charge in [0.05, 0.1) is 6.54 Å². The fraction of sp³-hybridized carbons (Fsp3) is 0.882. The predicted octanol–water partition coefficient (Wildman–Crippen LogP) is 2.08.